The minimum Gasteiger partial charge on any atom is -0.461 e. The molecule has 21 heavy (non-hydrogen) atoms. The third kappa shape index (κ3) is 7.22. The summed E-state index contributed by atoms with van der Waals surface area (Å²) in [5.74, 6) is 1.44. The van der Waals surface area contributed by atoms with Gasteiger partial charge in [0.2, 0.25) is 11.9 Å². The lowest BCUT2D eigenvalue weighted by molar-refractivity contribution is 0.222. The molecule has 0 saturated heterocycles. The van der Waals surface area contributed by atoms with Crippen LogP contribution in [0.25, 0.3) is 0 Å². The van der Waals surface area contributed by atoms with Gasteiger partial charge in [-0.05, 0) is 27.2 Å². The molecule has 1 rings (SSSR count). The van der Waals surface area contributed by atoms with Crippen molar-refractivity contribution in [1.82, 2.24) is 15.0 Å². The molecule has 0 aliphatic heterocycles. The lowest BCUT2D eigenvalue weighted by Crippen LogP contribution is -2.24. The van der Waals surface area contributed by atoms with Crippen LogP contribution in [0.15, 0.2) is 0 Å². The van der Waals surface area contributed by atoms with E-state index >= 15 is 0 Å². The third-order valence-corrected chi connectivity index (χ3v) is 3.32. The molecule has 8 heteroatoms. The maximum Gasteiger partial charge on any atom is 0.323 e. The third-order valence-electron chi connectivity index (χ3n) is 2.35. The Bertz CT molecular complexity index is 470. The average Bonchev–Trinajstić information content (AvgIpc) is 2.34. The Hall–Kier alpha value is -1.44. The van der Waals surface area contributed by atoms with Gasteiger partial charge in [0.05, 0.1) is 6.10 Å². The quantitative estimate of drug-likeness (QED) is 0.716. The second-order valence-corrected chi connectivity index (χ2v) is 6.62. The summed E-state index contributed by atoms with van der Waals surface area (Å²) in [6, 6.07) is 0.287. The summed E-state index contributed by atoms with van der Waals surface area (Å²) >= 11 is 0. The maximum absolute atomic E-state index is 11.2. The van der Waals surface area contributed by atoms with Gasteiger partial charge in [0.25, 0.3) is 0 Å². The van der Waals surface area contributed by atoms with Crippen molar-refractivity contribution in [2.24, 2.45) is 0 Å². The molecule has 0 aliphatic carbocycles. The second-order valence-electron chi connectivity index (χ2n) is 5.14. The van der Waals surface area contributed by atoms with Crippen LogP contribution in [0, 0.1) is 0 Å². The molecule has 120 valence electrons. The zero-order chi connectivity index (χ0) is 15.8. The standard InChI is InChI=1S/C13H25N5O2S/c1-6-7-14-11-16-12(15-10(4)8-21(5)19)18-13(17-11)20-9(2)3/h9-10H,6-8H2,1-5H3,(H2,14,15,16,17,18). The van der Waals surface area contributed by atoms with Gasteiger partial charge in [-0.2, -0.15) is 15.0 Å². The fourth-order valence-electron chi connectivity index (χ4n) is 1.61. The van der Waals surface area contributed by atoms with Gasteiger partial charge in [0.1, 0.15) is 0 Å². The van der Waals surface area contributed by atoms with E-state index in [9.17, 15) is 4.21 Å². The Morgan fingerprint density at radius 3 is 2.43 bits per heavy atom. The molecule has 0 aromatic carbocycles. The Kier molecular flexibility index (Phi) is 7.35. The van der Waals surface area contributed by atoms with Crippen LogP contribution >= 0.6 is 0 Å². The molecule has 0 bridgehead atoms. The maximum atomic E-state index is 11.2. The van der Waals surface area contributed by atoms with Gasteiger partial charge in [0, 0.05) is 35.4 Å². The molecule has 0 aliphatic rings. The smallest absolute Gasteiger partial charge is 0.323 e. The number of rotatable bonds is 9. The summed E-state index contributed by atoms with van der Waals surface area (Å²) < 4.78 is 16.8. The van der Waals surface area contributed by atoms with Crippen LogP contribution in [0.4, 0.5) is 11.9 Å². The van der Waals surface area contributed by atoms with E-state index in [1.165, 1.54) is 0 Å². The van der Waals surface area contributed by atoms with E-state index in [2.05, 4.69) is 32.5 Å². The summed E-state index contributed by atoms with van der Waals surface area (Å²) in [4.78, 5) is 12.8. The van der Waals surface area contributed by atoms with E-state index in [1.54, 1.807) is 6.26 Å². The predicted octanol–water partition coefficient (Wildman–Crippen LogP) is 1.66. The van der Waals surface area contributed by atoms with Crippen molar-refractivity contribution in [3.63, 3.8) is 0 Å². The summed E-state index contributed by atoms with van der Waals surface area (Å²) in [5, 5.41) is 6.25. The van der Waals surface area contributed by atoms with E-state index in [4.69, 9.17) is 4.74 Å². The molecular weight excluding hydrogens is 290 g/mol. The van der Waals surface area contributed by atoms with E-state index in [0.29, 0.717) is 17.6 Å². The molecule has 2 atom stereocenters. The summed E-state index contributed by atoms with van der Waals surface area (Å²) in [5.41, 5.74) is 0. The first-order valence-corrected chi connectivity index (χ1v) is 8.86. The number of nitrogens with one attached hydrogen (secondary N) is 2. The Morgan fingerprint density at radius 1 is 1.19 bits per heavy atom. The van der Waals surface area contributed by atoms with E-state index < -0.39 is 10.8 Å². The number of nitrogens with zero attached hydrogens (tertiary/aromatic N) is 3. The lowest BCUT2D eigenvalue weighted by atomic mass is 10.4. The van der Waals surface area contributed by atoms with Gasteiger partial charge < -0.3 is 15.4 Å². The average molecular weight is 315 g/mol. The van der Waals surface area contributed by atoms with E-state index in [1.807, 2.05) is 20.8 Å². The van der Waals surface area contributed by atoms with Crippen molar-refractivity contribution >= 4 is 22.7 Å². The van der Waals surface area contributed by atoms with Crippen molar-refractivity contribution < 1.29 is 8.95 Å². The molecule has 2 N–H and O–H groups in total. The molecule has 1 aromatic rings. The molecule has 0 saturated carbocycles. The summed E-state index contributed by atoms with van der Waals surface area (Å²) in [7, 11) is -0.875. The SMILES string of the molecule is CCCNc1nc(NC(C)CS(C)=O)nc(OC(C)C)n1. The highest BCUT2D eigenvalue weighted by atomic mass is 32.2. The molecule has 0 fully saturated rings. The fourth-order valence-corrected chi connectivity index (χ4v) is 2.40. The highest BCUT2D eigenvalue weighted by molar-refractivity contribution is 7.84. The molecule has 1 aromatic heterocycles. The van der Waals surface area contributed by atoms with E-state index in [0.717, 1.165) is 13.0 Å². The number of anilines is 2. The van der Waals surface area contributed by atoms with Crippen LogP contribution in [0.5, 0.6) is 6.01 Å². The molecule has 1 heterocycles. The minimum atomic E-state index is -0.875. The van der Waals surface area contributed by atoms with Gasteiger partial charge >= 0.3 is 6.01 Å². The van der Waals surface area contributed by atoms with E-state index in [-0.39, 0.29) is 18.2 Å². The molecule has 0 amide bonds. The minimum absolute atomic E-state index is 0.00385. The van der Waals surface area contributed by atoms with Crippen LogP contribution in [-0.4, -0.2) is 49.9 Å². The van der Waals surface area contributed by atoms with Crippen molar-refractivity contribution in [3.05, 3.63) is 0 Å². The first kappa shape index (κ1) is 17.6. The second kappa shape index (κ2) is 8.76. The summed E-state index contributed by atoms with van der Waals surface area (Å²) in [6.45, 7) is 8.61. The van der Waals surface area contributed by atoms with Gasteiger partial charge in [-0.15, -0.1) is 0 Å². The van der Waals surface area contributed by atoms with Crippen LogP contribution in [0.2, 0.25) is 0 Å². The molecular formula is C13H25N5O2S. The monoisotopic (exact) mass is 315 g/mol. The van der Waals surface area contributed by atoms with Crippen molar-refractivity contribution in [2.45, 2.75) is 46.3 Å². The van der Waals surface area contributed by atoms with Crippen molar-refractivity contribution in [3.8, 4) is 6.01 Å². The molecule has 7 nitrogen and oxygen atoms in total. The zero-order valence-electron chi connectivity index (χ0n) is 13.3. The lowest BCUT2D eigenvalue weighted by Gasteiger charge is -2.15. The van der Waals surface area contributed by atoms with Gasteiger partial charge in [-0.25, -0.2) is 0 Å². The fraction of sp³-hybridized carbons (Fsp3) is 0.769. The molecule has 0 radical (unpaired) electrons. The Balaban J connectivity index is 2.86. The van der Waals surface area contributed by atoms with Crippen LogP contribution in [-0.2, 0) is 10.8 Å². The Labute approximate surface area is 128 Å². The topological polar surface area (TPSA) is 89.0 Å². The van der Waals surface area contributed by atoms with Gasteiger partial charge in [-0.1, -0.05) is 6.92 Å². The van der Waals surface area contributed by atoms with Crippen molar-refractivity contribution in [2.75, 3.05) is 29.2 Å². The number of aromatic nitrogens is 3. The first-order chi connectivity index (χ1) is 9.90. The normalized spacial score (nSPS) is 13.8. The number of hydrogen-bond donors (Lipinski definition) is 2. The molecule has 0 spiro atoms. The summed E-state index contributed by atoms with van der Waals surface area (Å²) in [6.07, 6.45) is 2.63. The Morgan fingerprint density at radius 2 is 1.86 bits per heavy atom. The highest BCUT2D eigenvalue weighted by Gasteiger charge is 2.11. The predicted molar refractivity (Wildman–Crippen MR) is 86.4 cm³/mol. The van der Waals surface area contributed by atoms with Crippen molar-refractivity contribution in [1.29, 1.82) is 0 Å². The van der Waals surface area contributed by atoms with Gasteiger partial charge in [0.15, 0.2) is 0 Å². The van der Waals surface area contributed by atoms with Crippen LogP contribution < -0.4 is 15.4 Å². The molecule has 2 unspecified atom stereocenters. The van der Waals surface area contributed by atoms with Gasteiger partial charge in [-0.3, -0.25) is 4.21 Å². The number of hydrogen-bond acceptors (Lipinski definition) is 7. The zero-order valence-corrected chi connectivity index (χ0v) is 14.2. The highest BCUT2D eigenvalue weighted by Crippen LogP contribution is 2.13. The number of ether oxygens (including phenoxy) is 1. The largest absolute Gasteiger partial charge is 0.461 e. The van der Waals surface area contributed by atoms with Crippen LogP contribution in [0.1, 0.15) is 34.1 Å². The van der Waals surface area contributed by atoms with Crippen LogP contribution in [0.3, 0.4) is 0 Å². The first-order valence-electron chi connectivity index (χ1n) is 7.13.